The maximum Gasteiger partial charge on any atom is 0.255 e. The number of hydrogen-bond donors (Lipinski definition) is 2. The summed E-state index contributed by atoms with van der Waals surface area (Å²) in [6.45, 7) is 0. The van der Waals surface area contributed by atoms with E-state index in [0.29, 0.717) is 11.4 Å². The fraction of sp³-hybridized carbons (Fsp3) is 0. The second-order valence-electron chi connectivity index (χ2n) is 4.84. The molecule has 23 heavy (non-hydrogen) atoms. The molecule has 0 saturated heterocycles. The predicted octanol–water partition coefficient (Wildman–Crippen LogP) is 3.12. The van der Waals surface area contributed by atoms with E-state index in [2.05, 4.69) is 15.3 Å². The lowest BCUT2D eigenvalue weighted by Gasteiger charge is -2.07. The van der Waals surface area contributed by atoms with Crippen molar-refractivity contribution in [1.29, 1.82) is 0 Å². The molecule has 0 unspecified atom stereocenters. The van der Waals surface area contributed by atoms with E-state index in [4.69, 9.17) is 5.73 Å². The second-order valence-corrected chi connectivity index (χ2v) is 4.84. The van der Waals surface area contributed by atoms with Crippen LogP contribution in [0.4, 0.5) is 16.0 Å². The Balaban J connectivity index is 1.76. The van der Waals surface area contributed by atoms with Gasteiger partial charge in [-0.15, -0.1) is 0 Å². The van der Waals surface area contributed by atoms with Crippen molar-refractivity contribution in [2.24, 2.45) is 0 Å². The van der Waals surface area contributed by atoms with Crippen LogP contribution >= 0.6 is 0 Å². The fourth-order valence-corrected chi connectivity index (χ4v) is 2.09. The number of rotatable bonds is 3. The van der Waals surface area contributed by atoms with Gasteiger partial charge >= 0.3 is 0 Å². The number of aromatic nitrogens is 2. The monoisotopic (exact) mass is 308 g/mol. The van der Waals surface area contributed by atoms with Crippen molar-refractivity contribution in [3.63, 3.8) is 0 Å². The molecular weight excluding hydrogens is 295 g/mol. The van der Waals surface area contributed by atoms with Gasteiger partial charge in [0.2, 0.25) is 5.95 Å². The summed E-state index contributed by atoms with van der Waals surface area (Å²) in [4.78, 5) is 20.0. The number of nitrogens with zero attached hydrogens (tertiary/aromatic N) is 2. The van der Waals surface area contributed by atoms with E-state index in [-0.39, 0.29) is 17.4 Å². The van der Waals surface area contributed by atoms with Crippen molar-refractivity contribution in [3.8, 4) is 11.3 Å². The molecule has 114 valence electrons. The van der Waals surface area contributed by atoms with Crippen molar-refractivity contribution in [3.05, 3.63) is 72.2 Å². The quantitative estimate of drug-likeness (QED) is 0.779. The molecule has 5 nitrogen and oxygen atoms in total. The van der Waals surface area contributed by atoms with Crippen LogP contribution in [0.3, 0.4) is 0 Å². The summed E-state index contributed by atoms with van der Waals surface area (Å²) in [7, 11) is 0. The molecule has 0 aliphatic carbocycles. The minimum atomic E-state index is -0.450. The Morgan fingerprint density at radius 3 is 2.57 bits per heavy atom. The normalized spacial score (nSPS) is 10.3. The topological polar surface area (TPSA) is 80.9 Å². The molecule has 3 rings (SSSR count). The molecule has 0 spiro atoms. The Morgan fingerprint density at radius 2 is 1.87 bits per heavy atom. The molecule has 2 aromatic carbocycles. The Kier molecular flexibility index (Phi) is 3.97. The zero-order valence-corrected chi connectivity index (χ0v) is 12.0. The summed E-state index contributed by atoms with van der Waals surface area (Å²) in [5, 5.41) is 2.71. The van der Waals surface area contributed by atoms with Crippen LogP contribution in [-0.4, -0.2) is 15.9 Å². The molecule has 0 atom stereocenters. The van der Waals surface area contributed by atoms with Crippen molar-refractivity contribution >= 4 is 17.5 Å². The fourth-order valence-electron chi connectivity index (χ4n) is 2.09. The van der Waals surface area contributed by atoms with Crippen molar-refractivity contribution in [1.82, 2.24) is 9.97 Å². The Morgan fingerprint density at radius 1 is 1.09 bits per heavy atom. The molecule has 3 aromatic rings. The first-order valence-electron chi connectivity index (χ1n) is 6.88. The third kappa shape index (κ3) is 3.49. The van der Waals surface area contributed by atoms with Gasteiger partial charge in [0.25, 0.3) is 5.91 Å². The standard InChI is InChI=1S/C17H13FN4O/c18-13-3-1-2-12(10-13)16(23)21-14-6-4-11(5-7-14)15-8-9-20-17(19)22-15/h1-10H,(H,21,23)(H2,19,20,22). The van der Waals surface area contributed by atoms with Gasteiger partial charge in [-0.1, -0.05) is 18.2 Å². The number of benzene rings is 2. The maximum absolute atomic E-state index is 13.1. The number of carbonyl (C=O) groups excluding carboxylic acids is 1. The van der Waals surface area contributed by atoms with E-state index < -0.39 is 5.82 Å². The number of halogens is 1. The minimum Gasteiger partial charge on any atom is -0.368 e. The Bertz CT molecular complexity index is 849. The van der Waals surface area contributed by atoms with Gasteiger partial charge in [0.1, 0.15) is 5.82 Å². The van der Waals surface area contributed by atoms with Crippen LogP contribution in [0.5, 0.6) is 0 Å². The number of nitrogens with two attached hydrogens (primary N) is 1. The van der Waals surface area contributed by atoms with E-state index in [1.54, 1.807) is 30.5 Å². The highest BCUT2D eigenvalue weighted by molar-refractivity contribution is 6.04. The van der Waals surface area contributed by atoms with Crippen molar-refractivity contribution in [2.45, 2.75) is 0 Å². The van der Waals surface area contributed by atoms with E-state index >= 15 is 0 Å². The van der Waals surface area contributed by atoms with Crippen molar-refractivity contribution in [2.75, 3.05) is 11.1 Å². The highest BCUT2D eigenvalue weighted by Crippen LogP contribution is 2.20. The first kappa shape index (κ1) is 14.6. The summed E-state index contributed by atoms with van der Waals surface area (Å²) in [6.07, 6.45) is 1.58. The van der Waals surface area contributed by atoms with E-state index in [1.807, 2.05) is 12.1 Å². The summed E-state index contributed by atoms with van der Waals surface area (Å²) in [5.41, 5.74) is 7.97. The zero-order valence-electron chi connectivity index (χ0n) is 12.0. The van der Waals surface area contributed by atoms with E-state index in [0.717, 1.165) is 5.56 Å². The first-order valence-corrected chi connectivity index (χ1v) is 6.88. The van der Waals surface area contributed by atoms with Gasteiger partial charge in [0.15, 0.2) is 0 Å². The van der Waals surface area contributed by atoms with Crippen LogP contribution in [0.15, 0.2) is 60.8 Å². The maximum atomic E-state index is 13.1. The number of amides is 1. The van der Waals surface area contributed by atoms with Crippen LogP contribution in [0, 0.1) is 5.82 Å². The summed E-state index contributed by atoms with van der Waals surface area (Å²) in [5.74, 6) is -0.621. The molecule has 0 bridgehead atoms. The zero-order chi connectivity index (χ0) is 16.2. The van der Waals surface area contributed by atoms with Crippen LogP contribution < -0.4 is 11.1 Å². The van der Waals surface area contributed by atoms with Gasteiger partial charge in [-0.2, -0.15) is 0 Å². The van der Waals surface area contributed by atoms with E-state index in [9.17, 15) is 9.18 Å². The van der Waals surface area contributed by atoms with Crippen LogP contribution in [-0.2, 0) is 0 Å². The van der Waals surface area contributed by atoms with Gasteiger partial charge < -0.3 is 11.1 Å². The molecule has 1 amide bonds. The molecule has 0 fully saturated rings. The second kappa shape index (κ2) is 6.23. The summed E-state index contributed by atoms with van der Waals surface area (Å²) in [6, 6.07) is 14.4. The number of nitrogens with one attached hydrogen (secondary N) is 1. The number of anilines is 2. The molecule has 0 aliphatic heterocycles. The predicted molar refractivity (Wildman–Crippen MR) is 86.2 cm³/mol. The third-order valence-electron chi connectivity index (χ3n) is 3.20. The molecule has 6 heteroatoms. The minimum absolute atomic E-state index is 0.200. The largest absolute Gasteiger partial charge is 0.368 e. The molecular formula is C17H13FN4O. The van der Waals surface area contributed by atoms with E-state index in [1.165, 1.54) is 18.2 Å². The van der Waals surface area contributed by atoms with Gasteiger partial charge in [0, 0.05) is 23.0 Å². The molecule has 0 aliphatic rings. The molecule has 1 aromatic heterocycles. The number of carbonyl (C=O) groups is 1. The lowest BCUT2D eigenvalue weighted by molar-refractivity contribution is 0.102. The highest BCUT2D eigenvalue weighted by atomic mass is 19.1. The van der Waals surface area contributed by atoms with Crippen LogP contribution in [0.2, 0.25) is 0 Å². The lowest BCUT2D eigenvalue weighted by Crippen LogP contribution is -2.11. The molecule has 0 radical (unpaired) electrons. The van der Waals surface area contributed by atoms with Crippen molar-refractivity contribution < 1.29 is 9.18 Å². The Labute approximate surface area is 132 Å². The number of hydrogen-bond acceptors (Lipinski definition) is 4. The Hall–Kier alpha value is -3.28. The molecule has 0 saturated carbocycles. The summed E-state index contributed by atoms with van der Waals surface area (Å²) >= 11 is 0. The van der Waals surface area contributed by atoms with Gasteiger partial charge in [-0.05, 0) is 36.4 Å². The average molecular weight is 308 g/mol. The molecule has 3 N–H and O–H groups in total. The van der Waals surface area contributed by atoms with Gasteiger partial charge in [0.05, 0.1) is 5.69 Å². The molecule has 1 heterocycles. The lowest BCUT2D eigenvalue weighted by atomic mass is 10.1. The third-order valence-corrected chi connectivity index (χ3v) is 3.20. The summed E-state index contributed by atoms with van der Waals surface area (Å²) < 4.78 is 13.1. The smallest absolute Gasteiger partial charge is 0.255 e. The average Bonchev–Trinajstić information content (AvgIpc) is 2.55. The van der Waals surface area contributed by atoms with Gasteiger partial charge in [-0.25, -0.2) is 14.4 Å². The first-order chi connectivity index (χ1) is 11.1. The van der Waals surface area contributed by atoms with Crippen LogP contribution in [0.1, 0.15) is 10.4 Å². The number of nitrogen functional groups attached to an aromatic ring is 1. The highest BCUT2D eigenvalue weighted by Gasteiger charge is 2.07. The SMILES string of the molecule is Nc1nccc(-c2ccc(NC(=O)c3cccc(F)c3)cc2)n1. The van der Waals surface area contributed by atoms with Gasteiger partial charge in [-0.3, -0.25) is 4.79 Å². The van der Waals surface area contributed by atoms with Crippen LogP contribution in [0.25, 0.3) is 11.3 Å².